The van der Waals surface area contributed by atoms with Gasteiger partial charge in [-0.25, -0.2) is 8.42 Å². The van der Waals surface area contributed by atoms with Crippen LogP contribution in [0.5, 0.6) is 0 Å². The van der Waals surface area contributed by atoms with Crippen molar-refractivity contribution in [3.63, 3.8) is 0 Å². The van der Waals surface area contributed by atoms with Crippen molar-refractivity contribution in [2.45, 2.75) is 24.9 Å². The molecular weight excluding hydrogens is 392 g/mol. The first-order chi connectivity index (χ1) is 12.8. The number of nitrogens with zero attached hydrogens (tertiary/aromatic N) is 2. The zero-order valence-corrected chi connectivity index (χ0v) is 16.5. The average molecular weight is 415 g/mol. The van der Waals surface area contributed by atoms with Crippen molar-refractivity contribution >= 4 is 39.1 Å². The third kappa shape index (κ3) is 4.47. The molecule has 2 saturated heterocycles. The molecular formula is C16H22N4O5S2. The summed E-state index contributed by atoms with van der Waals surface area (Å²) in [5.74, 6) is -1.07. The van der Waals surface area contributed by atoms with Gasteiger partial charge in [-0.2, -0.15) is 4.31 Å². The number of carbonyl (C=O) groups excluding carboxylic acids is 3. The topological polar surface area (TPSA) is 116 Å². The van der Waals surface area contributed by atoms with E-state index in [9.17, 15) is 22.8 Å². The van der Waals surface area contributed by atoms with Crippen molar-refractivity contribution in [3.8, 4) is 0 Å². The molecule has 2 atom stereocenters. The molecule has 9 nitrogen and oxygen atoms in total. The molecule has 1 aromatic rings. The SMILES string of the molecule is CS(=O)(=O)N1CCN(C(=O)c2cccs2)C[C@H]1C(=O)N[C@@H]1CCCNC1=O. The minimum atomic E-state index is -3.64. The molecule has 0 unspecified atom stereocenters. The molecule has 1 aromatic heterocycles. The van der Waals surface area contributed by atoms with Crippen LogP contribution < -0.4 is 10.6 Å². The first kappa shape index (κ1) is 19.8. The van der Waals surface area contributed by atoms with E-state index < -0.39 is 28.0 Å². The van der Waals surface area contributed by atoms with Crippen molar-refractivity contribution in [1.29, 1.82) is 0 Å². The zero-order chi connectivity index (χ0) is 19.6. The fourth-order valence-electron chi connectivity index (χ4n) is 3.30. The smallest absolute Gasteiger partial charge is 0.264 e. The third-order valence-electron chi connectivity index (χ3n) is 4.68. The maximum atomic E-state index is 12.8. The van der Waals surface area contributed by atoms with Crippen LogP contribution in [-0.2, 0) is 19.6 Å². The van der Waals surface area contributed by atoms with E-state index in [2.05, 4.69) is 10.6 Å². The number of rotatable bonds is 4. The summed E-state index contributed by atoms with van der Waals surface area (Å²) in [5, 5.41) is 7.10. The largest absolute Gasteiger partial charge is 0.354 e. The van der Waals surface area contributed by atoms with Crippen LogP contribution in [0, 0.1) is 0 Å². The van der Waals surface area contributed by atoms with Crippen LogP contribution in [0.3, 0.4) is 0 Å². The number of thiophene rings is 1. The average Bonchev–Trinajstić information content (AvgIpc) is 3.16. The lowest BCUT2D eigenvalue weighted by atomic mass is 10.1. The lowest BCUT2D eigenvalue weighted by molar-refractivity contribution is -0.132. The zero-order valence-electron chi connectivity index (χ0n) is 14.9. The van der Waals surface area contributed by atoms with Crippen molar-refractivity contribution in [2.24, 2.45) is 0 Å². The molecule has 3 heterocycles. The number of carbonyl (C=O) groups is 3. The van der Waals surface area contributed by atoms with Crippen molar-refractivity contribution < 1.29 is 22.8 Å². The molecule has 11 heteroatoms. The molecule has 0 bridgehead atoms. The number of piperazine rings is 1. The van der Waals surface area contributed by atoms with Gasteiger partial charge < -0.3 is 15.5 Å². The van der Waals surface area contributed by atoms with E-state index in [0.29, 0.717) is 17.8 Å². The van der Waals surface area contributed by atoms with Gasteiger partial charge in [0.25, 0.3) is 5.91 Å². The first-order valence-electron chi connectivity index (χ1n) is 8.65. The molecule has 0 spiro atoms. The Morgan fingerprint density at radius 3 is 2.74 bits per heavy atom. The Bertz CT molecular complexity index is 824. The van der Waals surface area contributed by atoms with Crippen LogP contribution >= 0.6 is 11.3 Å². The Kier molecular flexibility index (Phi) is 5.82. The fraction of sp³-hybridized carbons (Fsp3) is 0.562. The van der Waals surface area contributed by atoms with E-state index in [-0.39, 0.29) is 31.4 Å². The van der Waals surface area contributed by atoms with Crippen molar-refractivity contribution in [2.75, 3.05) is 32.4 Å². The number of nitrogens with one attached hydrogen (secondary N) is 2. The minimum absolute atomic E-state index is 0.0326. The van der Waals surface area contributed by atoms with Gasteiger partial charge in [0.1, 0.15) is 12.1 Å². The quantitative estimate of drug-likeness (QED) is 0.671. The maximum absolute atomic E-state index is 12.8. The molecule has 2 fully saturated rings. The highest BCUT2D eigenvalue weighted by Gasteiger charge is 2.40. The molecule has 148 valence electrons. The van der Waals surface area contributed by atoms with Crippen molar-refractivity contribution in [1.82, 2.24) is 19.8 Å². The van der Waals surface area contributed by atoms with E-state index in [1.165, 1.54) is 16.2 Å². The van der Waals surface area contributed by atoms with Gasteiger partial charge in [0.15, 0.2) is 0 Å². The normalized spacial score (nSPS) is 24.3. The van der Waals surface area contributed by atoms with Crippen LogP contribution in [0.15, 0.2) is 17.5 Å². The highest BCUT2D eigenvalue weighted by molar-refractivity contribution is 7.88. The van der Waals surface area contributed by atoms with Gasteiger partial charge in [-0.3, -0.25) is 14.4 Å². The van der Waals surface area contributed by atoms with E-state index in [1.807, 2.05) is 0 Å². The number of piperidine rings is 1. The molecule has 27 heavy (non-hydrogen) atoms. The van der Waals surface area contributed by atoms with Crippen LogP contribution in [-0.4, -0.2) is 79.9 Å². The van der Waals surface area contributed by atoms with E-state index in [0.717, 1.165) is 17.0 Å². The van der Waals surface area contributed by atoms with E-state index >= 15 is 0 Å². The van der Waals surface area contributed by atoms with Gasteiger partial charge in [-0.05, 0) is 24.3 Å². The molecule has 0 radical (unpaired) electrons. The van der Waals surface area contributed by atoms with Crippen LogP contribution in [0.25, 0.3) is 0 Å². The number of amides is 3. The highest BCUT2D eigenvalue weighted by Crippen LogP contribution is 2.19. The lowest BCUT2D eigenvalue weighted by Gasteiger charge is -2.39. The van der Waals surface area contributed by atoms with E-state index in [4.69, 9.17) is 0 Å². The predicted octanol–water partition coefficient (Wildman–Crippen LogP) is -0.771. The Labute approximate surface area is 161 Å². The summed E-state index contributed by atoms with van der Waals surface area (Å²) in [6, 6.07) is 1.71. The van der Waals surface area contributed by atoms with Gasteiger partial charge in [-0.1, -0.05) is 6.07 Å². The summed E-state index contributed by atoms with van der Waals surface area (Å²) < 4.78 is 25.4. The van der Waals surface area contributed by atoms with Gasteiger partial charge in [0.2, 0.25) is 21.8 Å². The molecule has 2 N–H and O–H groups in total. The predicted molar refractivity (Wildman–Crippen MR) is 99.7 cm³/mol. The second-order valence-electron chi connectivity index (χ2n) is 6.61. The molecule has 2 aliphatic heterocycles. The number of hydrogen-bond acceptors (Lipinski definition) is 6. The Balaban J connectivity index is 1.77. The van der Waals surface area contributed by atoms with Crippen LogP contribution in [0.2, 0.25) is 0 Å². The monoisotopic (exact) mass is 414 g/mol. The van der Waals surface area contributed by atoms with E-state index in [1.54, 1.807) is 17.5 Å². The number of sulfonamides is 1. The summed E-state index contributed by atoms with van der Waals surface area (Å²) in [7, 11) is -3.64. The fourth-order valence-corrected chi connectivity index (χ4v) is 5.02. The Morgan fingerprint density at radius 2 is 2.11 bits per heavy atom. The molecule has 2 aliphatic rings. The van der Waals surface area contributed by atoms with Crippen LogP contribution in [0.4, 0.5) is 0 Å². The Morgan fingerprint density at radius 1 is 1.33 bits per heavy atom. The molecule has 3 amide bonds. The highest BCUT2D eigenvalue weighted by atomic mass is 32.2. The number of hydrogen-bond donors (Lipinski definition) is 2. The molecule has 0 saturated carbocycles. The van der Waals surface area contributed by atoms with Gasteiger partial charge >= 0.3 is 0 Å². The van der Waals surface area contributed by atoms with Gasteiger partial charge in [0, 0.05) is 26.2 Å². The summed E-state index contributed by atoms with van der Waals surface area (Å²) in [4.78, 5) is 39.3. The standard InChI is InChI=1S/C16H22N4O5S2/c1-27(24,25)20-8-7-19(16(23)13-5-3-9-26-13)10-12(20)15(22)18-11-4-2-6-17-14(11)21/h3,5,9,11-12H,2,4,6-8,10H2,1H3,(H,17,21)(H,18,22)/t11-,12+/m1/s1. The van der Waals surface area contributed by atoms with Gasteiger partial charge in [0.05, 0.1) is 11.1 Å². The molecule has 0 aliphatic carbocycles. The first-order valence-corrected chi connectivity index (χ1v) is 11.4. The third-order valence-corrected chi connectivity index (χ3v) is 6.83. The molecule has 0 aromatic carbocycles. The van der Waals surface area contributed by atoms with Gasteiger partial charge in [-0.15, -0.1) is 11.3 Å². The summed E-state index contributed by atoms with van der Waals surface area (Å²) >= 11 is 1.29. The Hall–Kier alpha value is -1.98. The maximum Gasteiger partial charge on any atom is 0.264 e. The summed E-state index contributed by atoms with van der Waals surface area (Å²) in [6.45, 7) is 0.750. The van der Waals surface area contributed by atoms with Crippen molar-refractivity contribution in [3.05, 3.63) is 22.4 Å². The molecule has 3 rings (SSSR count). The minimum Gasteiger partial charge on any atom is -0.354 e. The van der Waals surface area contributed by atoms with Crippen LogP contribution in [0.1, 0.15) is 22.5 Å². The summed E-state index contributed by atoms with van der Waals surface area (Å²) in [5.41, 5.74) is 0. The lowest BCUT2D eigenvalue weighted by Crippen LogP contribution is -2.63. The summed E-state index contributed by atoms with van der Waals surface area (Å²) in [6.07, 6.45) is 2.28. The second-order valence-corrected chi connectivity index (χ2v) is 9.50. The second kappa shape index (κ2) is 7.95.